The van der Waals surface area contributed by atoms with Crippen LogP contribution in [0.2, 0.25) is 0 Å². The molecule has 5 heteroatoms. The Morgan fingerprint density at radius 1 is 1.04 bits per heavy atom. The number of aryl methyl sites for hydroxylation is 2. The van der Waals surface area contributed by atoms with E-state index >= 15 is 0 Å². The molecule has 5 nitrogen and oxygen atoms in total. The van der Waals surface area contributed by atoms with Gasteiger partial charge in [-0.1, -0.05) is 32.4 Å². The molecule has 2 heterocycles. The van der Waals surface area contributed by atoms with E-state index in [0.29, 0.717) is 12.2 Å². The predicted molar refractivity (Wildman–Crippen MR) is 112 cm³/mol. The summed E-state index contributed by atoms with van der Waals surface area (Å²) in [5.41, 5.74) is 5.87. The second kappa shape index (κ2) is 8.46. The van der Waals surface area contributed by atoms with Crippen molar-refractivity contribution in [2.75, 3.05) is 6.54 Å². The van der Waals surface area contributed by atoms with Crippen LogP contribution in [0, 0.1) is 13.8 Å². The number of carbonyl (C=O) groups is 2. The number of urea groups is 1. The van der Waals surface area contributed by atoms with Crippen LogP contribution in [-0.2, 0) is 11.2 Å². The summed E-state index contributed by atoms with van der Waals surface area (Å²) in [6, 6.07) is 10.4. The highest BCUT2D eigenvalue weighted by atomic mass is 16.2. The fourth-order valence-electron chi connectivity index (χ4n) is 3.68. The molecular weight excluding hydrogens is 350 g/mol. The van der Waals surface area contributed by atoms with Crippen molar-refractivity contribution in [3.63, 3.8) is 0 Å². The first-order valence-corrected chi connectivity index (χ1v) is 10.1. The number of aromatic nitrogens is 1. The quantitative estimate of drug-likeness (QED) is 0.558. The fraction of sp³-hybridized carbons (Fsp3) is 0.391. The number of hydrogen-bond donors (Lipinski definition) is 1. The van der Waals surface area contributed by atoms with Gasteiger partial charge in [0.05, 0.1) is 0 Å². The first-order chi connectivity index (χ1) is 13.5. The number of benzene rings is 1. The summed E-state index contributed by atoms with van der Waals surface area (Å²) >= 11 is 0. The van der Waals surface area contributed by atoms with E-state index in [9.17, 15) is 9.59 Å². The molecule has 0 unspecified atom stereocenters. The molecule has 0 spiro atoms. The summed E-state index contributed by atoms with van der Waals surface area (Å²) in [6.07, 6.45) is 6.03. The number of amides is 3. The van der Waals surface area contributed by atoms with Crippen LogP contribution in [0.3, 0.4) is 0 Å². The fourth-order valence-corrected chi connectivity index (χ4v) is 3.68. The van der Waals surface area contributed by atoms with Gasteiger partial charge in [0.2, 0.25) is 0 Å². The largest absolute Gasteiger partial charge is 0.329 e. The van der Waals surface area contributed by atoms with Crippen molar-refractivity contribution in [3.05, 3.63) is 58.5 Å². The Labute approximate surface area is 167 Å². The molecule has 0 aliphatic carbocycles. The van der Waals surface area contributed by atoms with Crippen LogP contribution in [0.5, 0.6) is 0 Å². The molecule has 0 saturated carbocycles. The molecule has 0 radical (unpaired) electrons. The average Bonchev–Trinajstić information content (AvgIpc) is 3.11. The highest BCUT2D eigenvalue weighted by molar-refractivity contribution is 6.14. The first kappa shape index (κ1) is 19.9. The van der Waals surface area contributed by atoms with Gasteiger partial charge < -0.3 is 9.88 Å². The van der Waals surface area contributed by atoms with Crippen LogP contribution in [0.4, 0.5) is 4.79 Å². The molecule has 3 rings (SSSR count). The Kier molecular flexibility index (Phi) is 6.02. The highest BCUT2D eigenvalue weighted by Crippen LogP contribution is 2.24. The minimum atomic E-state index is -0.338. The van der Waals surface area contributed by atoms with Gasteiger partial charge in [-0.3, -0.25) is 9.69 Å². The number of imide groups is 1. The Hall–Kier alpha value is -2.82. The number of nitrogens with zero attached hydrogens (tertiary/aromatic N) is 2. The third-order valence-corrected chi connectivity index (χ3v) is 5.19. The van der Waals surface area contributed by atoms with Gasteiger partial charge in [-0.2, -0.15) is 0 Å². The lowest BCUT2D eigenvalue weighted by Crippen LogP contribution is -2.31. The van der Waals surface area contributed by atoms with Crippen LogP contribution < -0.4 is 5.32 Å². The van der Waals surface area contributed by atoms with E-state index in [-0.39, 0.29) is 11.9 Å². The monoisotopic (exact) mass is 379 g/mol. The number of carbonyl (C=O) groups excluding carboxylic acids is 2. The summed E-state index contributed by atoms with van der Waals surface area (Å²) in [5.74, 6) is -0.253. The lowest BCUT2D eigenvalue weighted by molar-refractivity contribution is -0.122. The van der Waals surface area contributed by atoms with Crippen molar-refractivity contribution >= 4 is 18.0 Å². The zero-order chi connectivity index (χ0) is 20.3. The van der Waals surface area contributed by atoms with Crippen LogP contribution in [-0.4, -0.2) is 28.0 Å². The molecule has 0 bridgehead atoms. The summed E-state index contributed by atoms with van der Waals surface area (Å²) in [4.78, 5) is 25.7. The summed E-state index contributed by atoms with van der Waals surface area (Å²) in [7, 11) is 0. The molecular formula is C23H29N3O2. The molecule has 1 N–H and O–H groups in total. The zero-order valence-electron chi connectivity index (χ0n) is 17.2. The van der Waals surface area contributed by atoms with Crippen LogP contribution in [0.1, 0.15) is 55.6 Å². The molecule has 1 fully saturated rings. The topological polar surface area (TPSA) is 54.3 Å². The van der Waals surface area contributed by atoms with E-state index in [2.05, 4.69) is 54.1 Å². The summed E-state index contributed by atoms with van der Waals surface area (Å²) in [6.45, 7) is 8.68. The van der Waals surface area contributed by atoms with Crippen molar-refractivity contribution < 1.29 is 9.59 Å². The second-order valence-corrected chi connectivity index (χ2v) is 7.38. The van der Waals surface area contributed by atoms with Gasteiger partial charge in [0.1, 0.15) is 5.70 Å². The first-order valence-electron chi connectivity index (χ1n) is 10.1. The van der Waals surface area contributed by atoms with E-state index in [1.165, 1.54) is 23.3 Å². The standard InChI is InChI=1S/C23H29N3O2/c1-5-7-8-18-9-11-20(12-10-18)26-16(3)14-19(17(26)4)15-21-22(27)25(13-6-2)23(28)24-21/h9-12,14-15H,5-8,13H2,1-4H3,(H,24,28)/b21-15+. The number of unbranched alkanes of at least 4 members (excludes halogenated alkanes) is 1. The molecule has 1 aromatic heterocycles. The maximum Gasteiger partial charge on any atom is 0.329 e. The van der Waals surface area contributed by atoms with Gasteiger partial charge in [-0.05, 0) is 68.5 Å². The summed E-state index contributed by atoms with van der Waals surface area (Å²) in [5, 5.41) is 2.70. The van der Waals surface area contributed by atoms with E-state index in [1.807, 2.05) is 13.8 Å². The van der Waals surface area contributed by atoms with Gasteiger partial charge in [0.25, 0.3) is 5.91 Å². The lowest BCUT2D eigenvalue weighted by atomic mass is 10.1. The van der Waals surface area contributed by atoms with Crippen LogP contribution in [0.25, 0.3) is 11.8 Å². The van der Waals surface area contributed by atoms with Crippen LogP contribution >= 0.6 is 0 Å². The van der Waals surface area contributed by atoms with Crippen molar-refractivity contribution in [2.24, 2.45) is 0 Å². The molecule has 1 saturated heterocycles. The Morgan fingerprint density at radius 3 is 2.39 bits per heavy atom. The Morgan fingerprint density at radius 2 is 1.75 bits per heavy atom. The van der Waals surface area contributed by atoms with Crippen molar-refractivity contribution in [1.29, 1.82) is 0 Å². The average molecular weight is 380 g/mol. The van der Waals surface area contributed by atoms with E-state index in [4.69, 9.17) is 0 Å². The van der Waals surface area contributed by atoms with E-state index < -0.39 is 0 Å². The smallest absolute Gasteiger partial charge is 0.318 e. The van der Waals surface area contributed by atoms with Gasteiger partial charge in [0, 0.05) is 23.6 Å². The molecule has 1 aromatic carbocycles. The normalized spacial score (nSPS) is 15.6. The molecule has 2 aromatic rings. The molecule has 3 amide bonds. The third-order valence-electron chi connectivity index (χ3n) is 5.19. The van der Waals surface area contributed by atoms with Crippen molar-refractivity contribution in [2.45, 2.75) is 53.4 Å². The molecule has 0 atom stereocenters. The molecule has 28 heavy (non-hydrogen) atoms. The zero-order valence-corrected chi connectivity index (χ0v) is 17.2. The molecule has 1 aliphatic rings. The minimum absolute atomic E-state index is 0.253. The van der Waals surface area contributed by atoms with E-state index in [0.717, 1.165) is 35.5 Å². The second-order valence-electron chi connectivity index (χ2n) is 7.38. The van der Waals surface area contributed by atoms with Crippen LogP contribution in [0.15, 0.2) is 36.0 Å². The number of rotatable bonds is 7. The van der Waals surface area contributed by atoms with Gasteiger partial charge in [-0.15, -0.1) is 0 Å². The SMILES string of the molecule is CCCCc1ccc(-n2c(C)cc(/C=C3/NC(=O)N(CCC)C3=O)c2C)cc1. The van der Waals surface area contributed by atoms with Gasteiger partial charge >= 0.3 is 6.03 Å². The predicted octanol–water partition coefficient (Wildman–Crippen LogP) is 4.74. The number of nitrogens with one attached hydrogen (secondary N) is 1. The Bertz CT molecular complexity index is 907. The molecule has 148 valence electrons. The maximum absolute atomic E-state index is 12.5. The third kappa shape index (κ3) is 3.88. The van der Waals surface area contributed by atoms with E-state index in [1.54, 1.807) is 6.08 Å². The highest BCUT2D eigenvalue weighted by Gasteiger charge is 2.32. The summed E-state index contributed by atoms with van der Waals surface area (Å²) < 4.78 is 2.18. The van der Waals surface area contributed by atoms with Crippen molar-refractivity contribution in [1.82, 2.24) is 14.8 Å². The molecule has 1 aliphatic heterocycles. The Balaban J connectivity index is 1.88. The lowest BCUT2D eigenvalue weighted by Gasteiger charge is -2.11. The minimum Gasteiger partial charge on any atom is -0.318 e. The van der Waals surface area contributed by atoms with Gasteiger partial charge in [-0.25, -0.2) is 4.79 Å². The maximum atomic E-state index is 12.5. The van der Waals surface area contributed by atoms with Crippen molar-refractivity contribution in [3.8, 4) is 5.69 Å². The van der Waals surface area contributed by atoms with Gasteiger partial charge in [0.15, 0.2) is 0 Å². The number of hydrogen-bond acceptors (Lipinski definition) is 2.